The first kappa shape index (κ1) is 22.7. The monoisotopic (exact) mass is 481 g/mol. The topological polar surface area (TPSA) is 105 Å². The fourth-order valence-electron chi connectivity index (χ4n) is 3.95. The van der Waals surface area contributed by atoms with Gasteiger partial charge < -0.3 is 19.3 Å². The van der Waals surface area contributed by atoms with Crippen LogP contribution in [0.1, 0.15) is 25.7 Å². The van der Waals surface area contributed by atoms with Crippen LogP contribution in [0.4, 0.5) is 5.95 Å². The lowest BCUT2D eigenvalue weighted by Crippen LogP contribution is -2.32. The molecule has 0 aliphatic carbocycles. The number of aromatic amines is 1. The van der Waals surface area contributed by atoms with Crippen molar-refractivity contribution in [2.45, 2.75) is 38.3 Å². The van der Waals surface area contributed by atoms with Crippen molar-refractivity contribution < 1.29 is 9.84 Å². The van der Waals surface area contributed by atoms with Crippen LogP contribution >= 0.6 is 23.2 Å². The molecule has 172 valence electrons. The molecule has 11 heteroatoms. The smallest absolute Gasteiger partial charge is 0.329 e. The summed E-state index contributed by atoms with van der Waals surface area (Å²) in [6.07, 6.45) is 3.34. The molecule has 0 amide bonds. The molecule has 1 saturated heterocycles. The van der Waals surface area contributed by atoms with Crippen LogP contribution in [0.2, 0.25) is 10.0 Å². The van der Waals surface area contributed by atoms with Crippen molar-refractivity contribution in [3.8, 4) is 5.75 Å². The first-order chi connectivity index (χ1) is 15.3. The Labute approximate surface area is 194 Å². The van der Waals surface area contributed by atoms with Gasteiger partial charge in [0.2, 0.25) is 5.95 Å². The summed E-state index contributed by atoms with van der Waals surface area (Å²) in [6, 6.07) is 4.84. The SMILES string of the molecule is Cn1c(=O)[nH]c(=O)c2c1nc(N1CCCCCC1)n2C[C@H](O)COc1ccc(Cl)cc1Cl. The minimum Gasteiger partial charge on any atom is -0.489 e. The predicted octanol–water partition coefficient (Wildman–Crippen LogP) is 2.55. The van der Waals surface area contributed by atoms with E-state index in [1.165, 1.54) is 4.57 Å². The minimum absolute atomic E-state index is 0.0515. The van der Waals surface area contributed by atoms with Crippen LogP contribution in [-0.4, -0.2) is 50.0 Å². The summed E-state index contributed by atoms with van der Waals surface area (Å²) < 4.78 is 8.65. The van der Waals surface area contributed by atoms with Crippen LogP contribution in [0.25, 0.3) is 11.2 Å². The van der Waals surface area contributed by atoms with E-state index in [-0.39, 0.29) is 24.3 Å². The summed E-state index contributed by atoms with van der Waals surface area (Å²) in [4.78, 5) is 33.9. The third-order valence-corrected chi connectivity index (χ3v) is 6.12. The number of aromatic nitrogens is 4. The van der Waals surface area contributed by atoms with E-state index >= 15 is 0 Å². The van der Waals surface area contributed by atoms with Gasteiger partial charge in [-0.15, -0.1) is 0 Å². The third kappa shape index (κ3) is 4.65. The molecule has 1 fully saturated rings. The number of aliphatic hydroxyl groups is 1. The number of halogens is 2. The number of fused-ring (bicyclic) bond motifs is 1. The van der Waals surface area contributed by atoms with Crippen molar-refractivity contribution in [2.75, 3.05) is 24.6 Å². The van der Waals surface area contributed by atoms with Gasteiger partial charge >= 0.3 is 5.69 Å². The van der Waals surface area contributed by atoms with E-state index in [1.54, 1.807) is 29.8 Å². The van der Waals surface area contributed by atoms with Crippen LogP contribution in [0.15, 0.2) is 27.8 Å². The van der Waals surface area contributed by atoms with Crippen LogP contribution in [0, 0.1) is 0 Å². The average molecular weight is 482 g/mol. The van der Waals surface area contributed by atoms with Crippen LogP contribution < -0.4 is 20.9 Å². The van der Waals surface area contributed by atoms with Gasteiger partial charge in [-0.3, -0.25) is 14.3 Å². The fraction of sp³-hybridized carbons (Fsp3) is 0.476. The second-order valence-electron chi connectivity index (χ2n) is 7.95. The van der Waals surface area contributed by atoms with E-state index in [2.05, 4.69) is 14.9 Å². The van der Waals surface area contributed by atoms with E-state index in [9.17, 15) is 14.7 Å². The van der Waals surface area contributed by atoms with Gasteiger partial charge in [0.1, 0.15) is 18.5 Å². The summed E-state index contributed by atoms with van der Waals surface area (Å²) in [5.74, 6) is 0.968. The Morgan fingerprint density at radius 2 is 1.91 bits per heavy atom. The van der Waals surface area contributed by atoms with Gasteiger partial charge in [-0.2, -0.15) is 4.98 Å². The number of nitrogens with zero attached hydrogens (tertiary/aromatic N) is 4. The number of benzene rings is 1. The first-order valence-corrected chi connectivity index (χ1v) is 11.3. The van der Waals surface area contributed by atoms with E-state index in [0.717, 1.165) is 38.8 Å². The maximum atomic E-state index is 12.7. The summed E-state index contributed by atoms with van der Waals surface area (Å²) in [5.41, 5.74) is -0.539. The van der Waals surface area contributed by atoms with Gasteiger partial charge in [-0.1, -0.05) is 36.0 Å². The van der Waals surface area contributed by atoms with Gasteiger partial charge in [0.15, 0.2) is 11.2 Å². The maximum Gasteiger partial charge on any atom is 0.329 e. The fourth-order valence-corrected chi connectivity index (χ4v) is 4.41. The number of imidazole rings is 1. The number of rotatable bonds is 6. The molecule has 2 N–H and O–H groups in total. The minimum atomic E-state index is -0.957. The van der Waals surface area contributed by atoms with Crippen molar-refractivity contribution in [1.29, 1.82) is 0 Å². The molecule has 0 bridgehead atoms. The molecule has 0 radical (unpaired) electrons. The lowest BCUT2D eigenvalue weighted by atomic mass is 10.2. The molecule has 2 aromatic heterocycles. The lowest BCUT2D eigenvalue weighted by Gasteiger charge is -2.23. The zero-order valence-corrected chi connectivity index (χ0v) is 19.2. The number of H-pyrrole nitrogens is 1. The zero-order valence-electron chi connectivity index (χ0n) is 17.7. The average Bonchev–Trinajstić information content (AvgIpc) is 2.92. The summed E-state index contributed by atoms with van der Waals surface area (Å²) in [5, 5.41) is 11.6. The van der Waals surface area contributed by atoms with Gasteiger partial charge in [-0.05, 0) is 31.0 Å². The Bertz CT molecular complexity index is 1230. The Morgan fingerprint density at radius 1 is 1.19 bits per heavy atom. The molecular weight excluding hydrogens is 457 g/mol. The summed E-state index contributed by atoms with van der Waals surface area (Å²) in [7, 11) is 1.56. The van der Waals surface area contributed by atoms with E-state index < -0.39 is 17.4 Å². The van der Waals surface area contributed by atoms with Crippen LogP contribution in [-0.2, 0) is 13.6 Å². The quantitative estimate of drug-likeness (QED) is 0.560. The van der Waals surface area contributed by atoms with Crippen molar-refractivity contribution in [2.24, 2.45) is 7.05 Å². The molecule has 32 heavy (non-hydrogen) atoms. The van der Waals surface area contributed by atoms with Gasteiger partial charge in [0.05, 0.1) is 11.6 Å². The van der Waals surface area contributed by atoms with Crippen molar-refractivity contribution >= 4 is 40.3 Å². The Balaban J connectivity index is 1.66. The first-order valence-electron chi connectivity index (χ1n) is 10.6. The molecule has 0 saturated carbocycles. The molecular formula is C21H25Cl2N5O4. The number of aliphatic hydroxyl groups excluding tert-OH is 1. The highest BCUT2D eigenvalue weighted by Crippen LogP contribution is 2.28. The molecule has 1 aliphatic rings. The molecule has 3 aromatic rings. The van der Waals surface area contributed by atoms with Gasteiger partial charge in [0.25, 0.3) is 5.56 Å². The van der Waals surface area contributed by atoms with Gasteiger partial charge in [-0.25, -0.2) is 4.79 Å². The number of hydrogen-bond acceptors (Lipinski definition) is 6. The molecule has 1 aromatic carbocycles. The standard InChI is InChI=1S/C21H25Cl2N5O4/c1-26-18-17(19(30)25-21(26)31)28(20(24-18)27-8-4-2-3-5-9-27)11-14(29)12-32-16-7-6-13(22)10-15(16)23/h6-7,10,14,29H,2-5,8-9,11-12H2,1H3,(H,25,30,31)/t14-/m0/s1. The number of hydrogen-bond donors (Lipinski definition) is 2. The predicted molar refractivity (Wildman–Crippen MR) is 124 cm³/mol. The molecule has 1 atom stereocenters. The highest BCUT2D eigenvalue weighted by molar-refractivity contribution is 6.35. The number of aryl methyl sites for hydroxylation is 1. The molecule has 4 rings (SSSR count). The number of anilines is 1. The van der Waals surface area contributed by atoms with Crippen molar-refractivity contribution in [3.05, 3.63) is 49.1 Å². The molecule has 0 spiro atoms. The number of ether oxygens (including phenoxy) is 1. The van der Waals surface area contributed by atoms with Crippen LogP contribution in [0.5, 0.6) is 5.75 Å². The highest BCUT2D eigenvalue weighted by atomic mass is 35.5. The largest absolute Gasteiger partial charge is 0.489 e. The molecule has 0 unspecified atom stereocenters. The zero-order chi connectivity index (χ0) is 22.8. The number of nitrogens with one attached hydrogen (secondary N) is 1. The Morgan fingerprint density at radius 3 is 2.59 bits per heavy atom. The third-order valence-electron chi connectivity index (χ3n) is 5.59. The van der Waals surface area contributed by atoms with Crippen molar-refractivity contribution in [3.63, 3.8) is 0 Å². The van der Waals surface area contributed by atoms with Gasteiger partial charge in [0, 0.05) is 25.2 Å². The Kier molecular flexibility index (Phi) is 6.78. The second-order valence-corrected chi connectivity index (χ2v) is 8.80. The van der Waals surface area contributed by atoms with E-state index in [0.29, 0.717) is 21.7 Å². The van der Waals surface area contributed by atoms with Crippen LogP contribution in [0.3, 0.4) is 0 Å². The maximum absolute atomic E-state index is 12.7. The molecule has 9 nitrogen and oxygen atoms in total. The highest BCUT2D eigenvalue weighted by Gasteiger charge is 2.24. The van der Waals surface area contributed by atoms with Crippen molar-refractivity contribution in [1.82, 2.24) is 19.1 Å². The summed E-state index contributed by atoms with van der Waals surface area (Å²) >= 11 is 12.0. The Hall–Kier alpha value is -2.49. The second kappa shape index (κ2) is 9.56. The van der Waals surface area contributed by atoms with E-state index in [4.69, 9.17) is 27.9 Å². The summed E-state index contributed by atoms with van der Waals surface area (Å²) in [6.45, 7) is 1.60. The molecule has 1 aliphatic heterocycles. The normalized spacial score (nSPS) is 15.7. The molecule has 3 heterocycles. The van der Waals surface area contributed by atoms with E-state index in [1.807, 2.05) is 0 Å². The lowest BCUT2D eigenvalue weighted by molar-refractivity contribution is 0.0937.